The normalized spacial score (nSPS) is 11.4. The van der Waals surface area contributed by atoms with Gasteiger partial charge in [0.05, 0.1) is 18.2 Å². The lowest BCUT2D eigenvalue weighted by Gasteiger charge is -2.27. The van der Waals surface area contributed by atoms with Gasteiger partial charge >= 0.3 is 5.97 Å². The number of anilines is 1. The van der Waals surface area contributed by atoms with Crippen LogP contribution in [0.5, 0.6) is 0 Å². The number of benzene rings is 1. The minimum Gasteiger partial charge on any atom is -0.464 e. The SMILES string of the molecule is CCOC(=O)C(CC)N(C)c1cccc(C#N)c1. The van der Waals surface area contributed by atoms with Crippen molar-refractivity contribution in [1.29, 1.82) is 5.26 Å². The summed E-state index contributed by atoms with van der Waals surface area (Å²) in [5, 5.41) is 8.87. The molecule has 0 radical (unpaired) electrons. The van der Waals surface area contributed by atoms with Gasteiger partial charge in [-0.25, -0.2) is 4.79 Å². The Labute approximate surface area is 108 Å². The Balaban J connectivity index is 2.92. The predicted octanol–water partition coefficient (Wildman–Crippen LogP) is 2.34. The Morgan fingerprint density at radius 1 is 1.50 bits per heavy atom. The van der Waals surface area contributed by atoms with Crippen LogP contribution in [0.15, 0.2) is 24.3 Å². The topological polar surface area (TPSA) is 53.3 Å². The molecule has 0 amide bonds. The van der Waals surface area contributed by atoms with Crippen molar-refractivity contribution in [2.75, 3.05) is 18.6 Å². The van der Waals surface area contributed by atoms with E-state index in [4.69, 9.17) is 10.00 Å². The summed E-state index contributed by atoms with van der Waals surface area (Å²) in [5.74, 6) is -0.232. The summed E-state index contributed by atoms with van der Waals surface area (Å²) in [7, 11) is 1.83. The van der Waals surface area contributed by atoms with E-state index in [1.165, 1.54) is 0 Å². The van der Waals surface area contributed by atoms with E-state index >= 15 is 0 Å². The summed E-state index contributed by atoms with van der Waals surface area (Å²) in [4.78, 5) is 13.7. The van der Waals surface area contributed by atoms with Crippen LogP contribution in [-0.4, -0.2) is 25.7 Å². The molecule has 0 saturated carbocycles. The number of ether oxygens (including phenoxy) is 1. The van der Waals surface area contributed by atoms with E-state index in [0.717, 1.165) is 5.69 Å². The van der Waals surface area contributed by atoms with Crippen molar-refractivity contribution in [2.24, 2.45) is 0 Å². The minimum atomic E-state index is -0.320. The minimum absolute atomic E-state index is 0.232. The van der Waals surface area contributed by atoms with Gasteiger partial charge in [0.25, 0.3) is 0 Å². The maximum atomic E-state index is 11.8. The zero-order valence-corrected chi connectivity index (χ0v) is 11.0. The maximum Gasteiger partial charge on any atom is 0.328 e. The van der Waals surface area contributed by atoms with E-state index in [2.05, 4.69) is 6.07 Å². The molecule has 0 fully saturated rings. The molecule has 0 spiro atoms. The van der Waals surface area contributed by atoms with Gasteiger partial charge in [-0.15, -0.1) is 0 Å². The molecule has 1 atom stereocenters. The van der Waals surface area contributed by atoms with Crippen molar-refractivity contribution < 1.29 is 9.53 Å². The molecule has 0 bridgehead atoms. The molecule has 0 saturated heterocycles. The van der Waals surface area contributed by atoms with Crippen LogP contribution < -0.4 is 4.90 Å². The zero-order chi connectivity index (χ0) is 13.5. The number of likely N-dealkylation sites (N-methyl/N-ethyl adjacent to an activating group) is 1. The van der Waals surface area contributed by atoms with Crippen molar-refractivity contribution in [2.45, 2.75) is 26.3 Å². The summed E-state index contributed by atoms with van der Waals surface area (Å²) < 4.78 is 5.05. The molecule has 1 aromatic rings. The molecular formula is C14H18N2O2. The third-order valence-corrected chi connectivity index (χ3v) is 2.80. The number of rotatable bonds is 5. The average molecular weight is 246 g/mol. The second-order valence-corrected chi connectivity index (χ2v) is 3.95. The number of carbonyl (C=O) groups excluding carboxylic acids is 1. The first-order valence-electron chi connectivity index (χ1n) is 6.03. The molecule has 4 heteroatoms. The fourth-order valence-corrected chi connectivity index (χ4v) is 1.81. The highest BCUT2D eigenvalue weighted by Gasteiger charge is 2.22. The molecule has 4 nitrogen and oxygen atoms in total. The molecule has 0 aliphatic heterocycles. The quantitative estimate of drug-likeness (QED) is 0.748. The van der Waals surface area contributed by atoms with E-state index in [1.54, 1.807) is 19.1 Å². The maximum absolute atomic E-state index is 11.8. The van der Waals surface area contributed by atoms with Gasteiger partial charge in [0.15, 0.2) is 0 Å². The number of hydrogen-bond donors (Lipinski definition) is 0. The Morgan fingerprint density at radius 3 is 2.78 bits per heavy atom. The third kappa shape index (κ3) is 3.24. The van der Waals surface area contributed by atoms with Gasteiger partial charge in [-0.2, -0.15) is 5.26 Å². The number of esters is 1. The van der Waals surface area contributed by atoms with Gasteiger partial charge in [0, 0.05) is 12.7 Å². The summed E-state index contributed by atoms with van der Waals surface area (Å²) in [5.41, 5.74) is 1.42. The molecule has 1 rings (SSSR count). The highest BCUT2D eigenvalue weighted by molar-refractivity contribution is 5.80. The molecule has 0 aliphatic rings. The average Bonchev–Trinajstić information content (AvgIpc) is 2.40. The zero-order valence-electron chi connectivity index (χ0n) is 11.0. The van der Waals surface area contributed by atoms with Crippen LogP contribution >= 0.6 is 0 Å². The summed E-state index contributed by atoms with van der Waals surface area (Å²) in [6.07, 6.45) is 0.659. The number of carbonyl (C=O) groups is 1. The van der Waals surface area contributed by atoms with Gasteiger partial charge < -0.3 is 9.64 Å². The van der Waals surface area contributed by atoms with Gasteiger partial charge in [-0.1, -0.05) is 13.0 Å². The van der Waals surface area contributed by atoms with Crippen LogP contribution in [0.4, 0.5) is 5.69 Å². The van der Waals surface area contributed by atoms with Crippen molar-refractivity contribution >= 4 is 11.7 Å². The highest BCUT2D eigenvalue weighted by Crippen LogP contribution is 2.18. The molecule has 96 valence electrons. The predicted molar refractivity (Wildman–Crippen MR) is 70.3 cm³/mol. The molecule has 0 aliphatic carbocycles. The second kappa shape index (κ2) is 6.65. The highest BCUT2D eigenvalue weighted by atomic mass is 16.5. The second-order valence-electron chi connectivity index (χ2n) is 3.95. The molecule has 0 N–H and O–H groups in total. The third-order valence-electron chi connectivity index (χ3n) is 2.80. The monoisotopic (exact) mass is 246 g/mol. The molecular weight excluding hydrogens is 228 g/mol. The lowest BCUT2D eigenvalue weighted by Crippen LogP contribution is -2.39. The first kappa shape index (κ1) is 14.0. The Bertz CT molecular complexity index is 451. The van der Waals surface area contributed by atoms with Crippen LogP contribution in [0.3, 0.4) is 0 Å². The van der Waals surface area contributed by atoms with E-state index in [0.29, 0.717) is 18.6 Å². The molecule has 0 heterocycles. The Kier molecular flexibility index (Phi) is 5.19. The van der Waals surface area contributed by atoms with Crippen LogP contribution in [0.2, 0.25) is 0 Å². The molecule has 18 heavy (non-hydrogen) atoms. The van der Waals surface area contributed by atoms with Crippen molar-refractivity contribution in [3.63, 3.8) is 0 Å². The largest absolute Gasteiger partial charge is 0.464 e. The number of nitrogens with zero attached hydrogens (tertiary/aromatic N) is 2. The van der Waals surface area contributed by atoms with E-state index < -0.39 is 0 Å². The lowest BCUT2D eigenvalue weighted by atomic mass is 10.1. The fraction of sp³-hybridized carbons (Fsp3) is 0.429. The summed E-state index contributed by atoms with van der Waals surface area (Å²) in [6.45, 7) is 4.11. The number of nitriles is 1. The lowest BCUT2D eigenvalue weighted by molar-refractivity contribution is -0.144. The van der Waals surface area contributed by atoms with Gasteiger partial charge in [-0.05, 0) is 31.5 Å². The van der Waals surface area contributed by atoms with E-state index in [-0.39, 0.29) is 12.0 Å². The van der Waals surface area contributed by atoms with Gasteiger partial charge in [-0.3, -0.25) is 0 Å². The molecule has 0 aromatic heterocycles. The van der Waals surface area contributed by atoms with Crippen LogP contribution in [-0.2, 0) is 9.53 Å². The first-order chi connectivity index (χ1) is 8.63. The van der Waals surface area contributed by atoms with Crippen molar-refractivity contribution in [3.05, 3.63) is 29.8 Å². The van der Waals surface area contributed by atoms with Crippen molar-refractivity contribution in [3.8, 4) is 6.07 Å². The van der Waals surface area contributed by atoms with Gasteiger partial charge in [0.1, 0.15) is 6.04 Å². The van der Waals surface area contributed by atoms with E-state index in [1.807, 2.05) is 31.0 Å². The Hall–Kier alpha value is -2.02. The van der Waals surface area contributed by atoms with Crippen LogP contribution in [0.1, 0.15) is 25.8 Å². The van der Waals surface area contributed by atoms with Crippen LogP contribution in [0.25, 0.3) is 0 Å². The molecule has 1 aromatic carbocycles. The smallest absolute Gasteiger partial charge is 0.328 e. The summed E-state index contributed by atoms with van der Waals surface area (Å²) in [6, 6.07) is 8.96. The van der Waals surface area contributed by atoms with Gasteiger partial charge in [0.2, 0.25) is 0 Å². The summed E-state index contributed by atoms with van der Waals surface area (Å²) >= 11 is 0. The standard InChI is InChI=1S/C14H18N2O2/c1-4-13(14(17)18-5-2)16(3)12-8-6-7-11(9-12)10-15/h6-9,13H,4-5H2,1-3H3. The first-order valence-corrected chi connectivity index (χ1v) is 6.03. The molecule has 1 unspecified atom stereocenters. The number of hydrogen-bond acceptors (Lipinski definition) is 4. The van der Waals surface area contributed by atoms with Crippen LogP contribution in [0, 0.1) is 11.3 Å². The van der Waals surface area contributed by atoms with Crippen molar-refractivity contribution in [1.82, 2.24) is 0 Å². The fourth-order valence-electron chi connectivity index (χ4n) is 1.81. The Morgan fingerprint density at radius 2 is 2.22 bits per heavy atom. The van der Waals surface area contributed by atoms with E-state index in [9.17, 15) is 4.79 Å².